The number of ketones is 1. The lowest BCUT2D eigenvalue weighted by molar-refractivity contribution is -0.116. The number of carbonyl (C=O) groups is 1. The highest BCUT2D eigenvalue weighted by Gasteiger charge is 2.24. The van der Waals surface area contributed by atoms with Crippen molar-refractivity contribution >= 4 is 13.4 Å². The van der Waals surface area contributed by atoms with Crippen LogP contribution in [0, 0.1) is 0 Å². The molecule has 0 aromatic carbocycles. The Morgan fingerprint density at radius 1 is 1.27 bits per heavy atom. The van der Waals surface area contributed by atoms with Crippen LogP contribution in [0.2, 0.25) is 0 Å². The van der Waals surface area contributed by atoms with Crippen molar-refractivity contribution in [3.63, 3.8) is 0 Å². The van der Waals surface area contributed by atoms with Crippen molar-refractivity contribution in [1.29, 1.82) is 0 Å². The van der Waals surface area contributed by atoms with Crippen LogP contribution >= 0.6 is 7.60 Å². The predicted octanol–water partition coefficient (Wildman–Crippen LogP) is 2.79. The summed E-state index contributed by atoms with van der Waals surface area (Å²) in [5, 5.41) is 0. The Kier molecular flexibility index (Phi) is 7.57. The van der Waals surface area contributed by atoms with Gasteiger partial charge in [0.1, 0.15) is 11.9 Å². The van der Waals surface area contributed by atoms with Gasteiger partial charge in [0.05, 0.1) is 0 Å². The molecule has 0 unspecified atom stereocenters. The first kappa shape index (κ1) is 14.6. The Bertz CT molecular complexity index is 252. The lowest BCUT2D eigenvalue weighted by Crippen LogP contribution is -2.07. The molecular formula is C10H19O4P. The van der Waals surface area contributed by atoms with Crippen LogP contribution in [0.5, 0.6) is 0 Å². The highest BCUT2D eigenvalue weighted by molar-refractivity contribution is 7.54. The fourth-order valence-electron chi connectivity index (χ4n) is 1.03. The normalized spacial score (nSPS) is 12.2. The Hall–Kier alpha value is -0.440. The Morgan fingerprint density at radius 2 is 1.87 bits per heavy atom. The molecule has 0 aliphatic carbocycles. The summed E-state index contributed by atoms with van der Waals surface area (Å²) in [7, 11) is -0.594. The summed E-state index contributed by atoms with van der Waals surface area (Å²) in [6.07, 6.45) is 5.83. The average Bonchev–Trinajstić information content (AvgIpc) is 2.24. The summed E-state index contributed by atoms with van der Waals surface area (Å²) in [4.78, 5) is 11.4. The highest BCUT2D eigenvalue weighted by atomic mass is 31.2. The molecular weight excluding hydrogens is 215 g/mol. The molecule has 0 saturated carbocycles. The largest absolute Gasteiger partial charge is 0.337 e. The Balaban J connectivity index is 3.93. The Morgan fingerprint density at radius 3 is 2.33 bits per heavy atom. The topological polar surface area (TPSA) is 52.6 Å². The monoisotopic (exact) mass is 234 g/mol. The van der Waals surface area contributed by atoms with Crippen molar-refractivity contribution < 1.29 is 18.4 Å². The molecule has 0 aromatic rings. The van der Waals surface area contributed by atoms with Gasteiger partial charge in [-0.3, -0.25) is 9.36 Å². The van der Waals surface area contributed by atoms with E-state index in [1.807, 2.05) is 19.1 Å². The minimum atomic E-state index is -3.17. The fourth-order valence-corrected chi connectivity index (χ4v) is 2.02. The summed E-state index contributed by atoms with van der Waals surface area (Å²) in [5.74, 6) is -0.0946. The van der Waals surface area contributed by atoms with E-state index in [9.17, 15) is 9.36 Å². The van der Waals surface area contributed by atoms with Gasteiger partial charge in [-0.25, -0.2) is 0 Å². The SMILES string of the molecule is CCC=CCCC(=O)CP(=O)(OC)OC. The van der Waals surface area contributed by atoms with Gasteiger partial charge >= 0.3 is 7.60 Å². The lowest BCUT2D eigenvalue weighted by Gasteiger charge is -2.11. The molecule has 0 atom stereocenters. The summed E-state index contributed by atoms with van der Waals surface area (Å²) < 4.78 is 20.9. The molecule has 0 N–H and O–H groups in total. The number of carbonyl (C=O) groups excluding carboxylic acids is 1. The first-order chi connectivity index (χ1) is 7.08. The van der Waals surface area contributed by atoms with Gasteiger partial charge in [-0.15, -0.1) is 0 Å². The molecule has 0 amide bonds. The molecule has 0 radical (unpaired) electrons. The van der Waals surface area contributed by atoms with Gasteiger partial charge in [0, 0.05) is 20.6 Å². The van der Waals surface area contributed by atoms with Crippen LogP contribution in [0.4, 0.5) is 0 Å². The minimum absolute atomic E-state index is 0.0946. The summed E-state index contributed by atoms with van der Waals surface area (Å²) in [6.45, 7) is 2.03. The first-order valence-corrected chi connectivity index (χ1v) is 6.68. The number of rotatable bonds is 8. The van der Waals surface area contributed by atoms with Crippen molar-refractivity contribution in [1.82, 2.24) is 0 Å². The molecule has 0 aliphatic heterocycles. The number of allylic oxidation sites excluding steroid dienone is 2. The molecule has 4 nitrogen and oxygen atoms in total. The second-order valence-electron chi connectivity index (χ2n) is 3.09. The van der Waals surface area contributed by atoms with Crippen LogP contribution in [0.3, 0.4) is 0 Å². The van der Waals surface area contributed by atoms with Crippen molar-refractivity contribution in [3.8, 4) is 0 Å². The standard InChI is InChI=1S/C10H19O4P/c1-4-5-6-7-8-10(11)9-15(12,13-2)14-3/h5-6H,4,7-9H2,1-3H3. The van der Waals surface area contributed by atoms with Crippen molar-refractivity contribution in [2.24, 2.45) is 0 Å². The van der Waals surface area contributed by atoms with Crippen LogP contribution in [0.1, 0.15) is 26.2 Å². The van der Waals surface area contributed by atoms with Crippen molar-refractivity contribution in [2.45, 2.75) is 26.2 Å². The second kappa shape index (κ2) is 7.80. The molecule has 5 heteroatoms. The van der Waals surface area contributed by atoms with Crippen LogP contribution in [0.15, 0.2) is 12.2 Å². The zero-order chi connectivity index (χ0) is 11.7. The van der Waals surface area contributed by atoms with E-state index in [0.29, 0.717) is 12.8 Å². The van der Waals surface area contributed by atoms with E-state index < -0.39 is 7.60 Å². The summed E-state index contributed by atoms with van der Waals surface area (Å²) in [6, 6.07) is 0. The quantitative estimate of drug-likeness (QED) is 0.478. The summed E-state index contributed by atoms with van der Waals surface area (Å²) in [5.41, 5.74) is 0. The van der Waals surface area contributed by atoms with Gasteiger partial charge in [-0.05, 0) is 12.8 Å². The first-order valence-electron chi connectivity index (χ1n) is 4.95. The van der Waals surface area contributed by atoms with Gasteiger partial charge in [-0.1, -0.05) is 19.1 Å². The third kappa shape index (κ3) is 6.61. The van der Waals surface area contributed by atoms with E-state index in [1.165, 1.54) is 14.2 Å². The van der Waals surface area contributed by atoms with E-state index >= 15 is 0 Å². The maximum absolute atomic E-state index is 11.6. The summed E-state index contributed by atoms with van der Waals surface area (Å²) >= 11 is 0. The maximum Gasteiger partial charge on any atom is 0.337 e. The highest BCUT2D eigenvalue weighted by Crippen LogP contribution is 2.46. The van der Waals surface area contributed by atoms with E-state index in [1.54, 1.807) is 0 Å². The molecule has 0 rings (SSSR count). The van der Waals surface area contributed by atoms with Crippen LogP contribution < -0.4 is 0 Å². The van der Waals surface area contributed by atoms with Gasteiger partial charge in [0.2, 0.25) is 0 Å². The molecule has 0 spiro atoms. The number of hydrogen-bond donors (Lipinski definition) is 0. The van der Waals surface area contributed by atoms with E-state index in [-0.39, 0.29) is 11.9 Å². The molecule has 0 heterocycles. The fraction of sp³-hybridized carbons (Fsp3) is 0.700. The average molecular weight is 234 g/mol. The third-order valence-electron chi connectivity index (χ3n) is 1.92. The van der Waals surface area contributed by atoms with E-state index in [2.05, 4.69) is 9.05 Å². The predicted molar refractivity (Wildman–Crippen MR) is 60.2 cm³/mol. The minimum Gasteiger partial charge on any atom is -0.312 e. The van der Waals surface area contributed by atoms with Crippen LogP contribution in [0.25, 0.3) is 0 Å². The molecule has 88 valence electrons. The van der Waals surface area contributed by atoms with Gasteiger partial charge in [0.15, 0.2) is 0 Å². The Labute approximate surface area is 91.2 Å². The van der Waals surface area contributed by atoms with Gasteiger partial charge in [-0.2, -0.15) is 0 Å². The smallest absolute Gasteiger partial charge is 0.312 e. The van der Waals surface area contributed by atoms with E-state index in [4.69, 9.17) is 0 Å². The zero-order valence-corrected chi connectivity index (χ0v) is 10.5. The number of Topliss-reactive ketones (excluding diaryl/α,β-unsaturated/α-hetero) is 1. The van der Waals surface area contributed by atoms with Crippen molar-refractivity contribution in [3.05, 3.63) is 12.2 Å². The third-order valence-corrected chi connectivity index (χ3v) is 3.77. The molecule has 15 heavy (non-hydrogen) atoms. The molecule has 0 fully saturated rings. The molecule has 0 aromatic heterocycles. The lowest BCUT2D eigenvalue weighted by atomic mass is 10.2. The molecule has 0 bridgehead atoms. The maximum atomic E-state index is 11.6. The van der Waals surface area contributed by atoms with E-state index in [0.717, 1.165) is 6.42 Å². The van der Waals surface area contributed by atoms with Crippen molar-refractivity contribution in [2.75, 3.05) is 20.4 Å². The molecule has 0 saturated heterocycles. The molecule has 0 aliphatic rings. The van der Waals surface area contributed by atoms with Crippen LogP contribution in [-0.4, -0.2) is 26.2 Å². The second-order valence-corrected chi connectivity index (χ2v) is 5.36. The van der Waals surface area contributed by atoms with Gasteiger partial charge in [0.25, 0.3) is 0 Å². The van der Waals surface area contributed by atoms with Crippen LogP contribution in [-0.2, 0) is 18.4 Å². The zero-order valence-electron chi connectivity index (χ0n) is 9.56. The number of hydrogen-bond acceptors (Lipinski definition) is 4. The van der Waals surface area contributed by atoms with Gasteiger partial charge < -0.3 is 9.05 Å².